The van der Waals surface area contributed by atoms with Crippen LogP contribution in [0.4, 0.5) is 0 Å². The average molecular weight is 400 g/mol. The van der Waals surface area contributed by atoms with Crippen molar-refractivity contribution in [3.05, 3.63) is 76.6 Å². The lowest BCUT2D eigenvalue weighted by molar-refractivity contribution is 0.292. The van der Waals surface area contributed by atoms with E-state index in [0.29, 0.717) is 23.9 Å². The Morgan fingerprint density at radius 1 is 1.07 bits per heavy atom. The van der Waals surface area contributed by atoms with Crippen LogP contribution in [0.15, 0.2) is 70.4 Å². The van der Waals surface area contributed by atoms with Crippen molar-refractivity contribution in [3.63, 3.8) is 0 Å². The van der Waals surface area contributed by atoms with E-state index in [9.17, 15) is 13.2 Å². The third-order valence-electron chi connectivity index (χ3n) is 4.65. The number of aromatic amines is 1. The summed E-state index contributed by atoms with van der Waals surface area (Å²) >= 11 is 0. The fourth-order valence-corrected chi connectivity index (χ4v) is 4.52. The molecule has 1 heterocycles. The topological polar surface area (TPSA) is 82.3 Å². The van der Waals surface area contributed by atoms with Gasteiger partial charge in [0.1, 0.15) is 0 Å². The van der Waals surface area contributed by atoms with Gasteiger partial charge < -0.3 is 9.88 Å². The molecule has 1 atom stereocenters. The maximum Gasteiger partial charge on any atom is 0.248 e. The van der Waals surface area contributed by atoms with Gasteiger partial charge in [0.25, 0.3) is 0 Å². The first kappa shape index (κ1) is 20.3. The molecule has 3 rings (SSSR count). The first-order valence-electron chi connectivity index (χ1n) is 9.25. The minimum absolute atomic E-state index is 0.191. The second-order valence-electron chi connectivity index (χ2n) is 6.98. The predicted molar refractivity (Wildman–Crippen MR) is 112 cm³/mol. The molecule has 0 bridgehead atoms. The summed E-state index contributed by atoms with van der Waals surface area (Å²) in [6.07, 6.45) is 0.680. The highest BCUT2D eigenvalue weighted by molar-refractivity contribution is 7.89. The lowest BCUT2D eigenvalue weighted by atomic mass is 10.2. The summed E-state index contributed by atoms with van der Waals surface area (Å²) < 4.78 is 28.5. The lowest BCUT2D eigenvalue weighted by Gasteiger charge is -2.24. The SMILES string of the molecule is CCC(CN(C)Cc1ccccc1)NS(=O)(=O)c1ccc2[nH]c(=O)ccc2c1. The molecule has 0 radical (unpaired) electrons. The van der Waals surface area contributed by atoms with Crippen LogP contribution in [0.2, 0.25) is 0 Å². The van der Waals surface area contributed by atoms with Gasteiger partial charge >= 0.3 is 0 Å². The molecular formula is C21H25N3O3S. The standard InChI is InChI=1S/C21H25N3O3S/c1-3-18(15-24(2)14-16-7-5-4-6-8-16)23-28(26,27)19-10-11-20-17(13-19)9-12-21(25)22-20/h4-13,18,23H,3,14-15H2,1-2H3,(H,22,25). The van der Waals surface area contributed by atoms with Gasteiger partial charge in [0.15, 0.2) is 0 Å². The van der Waals surface area contributed by atoms with Crippen molar-refractivity contribution in [3.8, 4) is 0 Å². The second kappa shape index (κ2) is 8.68. The molecule has 0 saturated heterocycles. The first-order chi connectivity index (χ1) is 13.4. The van der Waals surface area contributed by atoms with E-state index in [-0.39, 0.29) is 16.5 Å². The van der Waals surface area contributed by atoms with Crippen LogP contribution in [0.3, 0.4) is 0 Å². The summed E-state index contributed by atoms with van der Waals surface area (Å²) in [4.78, 5) is 16.4. The summed E-state index contributed by atoms with van der Waals surface area (Å²) in [5, 5.41) is 0.678. The number of aromatic nitrogens is 1. The number of likely N-dealkylation sites (N-methyl/N-ethyl adjacent to an activating group) is 1. The van der Waals surface area contributed by atoms with Crippen molar-refractivity contribution >= 4 is 20.9 Å². The summed E-state index contributed by atoms with van der Waals surface area (Å²) in [5.74, 6) is 0. The molecule has 0 aliphatic carbocycles. The number of benzene rings is 2. The average Bonchev–Trinajstić information content (AvgIpc) is 2.67. The van der Waals surface area contributed by atoms with Gasteiger partial charge in [-0.25, -0.2) is 13.1 Å². The van der Waals surface area contributed by atoms with Crippen LogP contribution in [0.1, 0.15) is 18.9 Å². The Kier molecular flexibility index (Phi) is 6.28. The molecule has 28 heavy (non-hydrogen) atoms. The number of hydrogen-bond acceptors (Lipinski definition) is 4. The minimum atomic E-state index is -3.66. The molecule has 0 spiro atoms. The molecule has 0 amide bonds. The second-order valence-corrected chi connectivity index (χ2v) is 8.69. The highest BCUT2D eigenvalue weighted by Gasteiger charge is 2.20. The fourth-order valence-electron chi connectivity index (χ4n) is 3.17. The van der Waals surface area contributed by atoms with Gasteiger partial charge in [-0.05, 0) is 48.7 Å². The molecule has 7 heteroatoms. The van der Waals surface area contributed by atoms with Crippen LogP contribution in [-0.2, 0) is 16.6 Å². The molecule has 0 fully saturated rings. The molecule has 1 aromatic heterocycles. The van der Waals surface area contributed by atoms with Gasteiger partial charge in [-0.15, -0.1) is 0 Å². The van der Waals surface area contributed by atoms with Crippen LogP contribution in [-0.4, -0.2) is 37.9 Å². The van der Waals surface area contributed by atoms with Gasteiger partial charge in [0, 0.05) is 30.7 Å². The molecule has 0 aliphatic rings. The maximum absolute atomic E-state index is 12.9. The quantitative estimate of drug-likeness (QED) is 0.610. The number of fused-ring (bicyclic) bond motifs is 1. The number of nitrogens with one attached hydrogen (secondary N) is 2. The Morgan fingerprint density at radius 3 is 2.54 bits per heavy atom. The van der Waals surface area contributed by atoms with Gasteiger partial charge in [-0.1, -0.05) is 37.3 Å². The van der Waals surface area contributed by atoms with Crippen molar-refractivity contribution in [2.75, 3.05) is 13.6 Å². The largest absolute Gasteiger partial charge is 0.322 e. The van der Waals surface area contributed by atoms with E-state index in [2.05, 4.69) is 26.7 Å². The number of hydrogen-bond donors (Lipinski definition) is 2. The van der Waals surface area contributed by atoms with E-state index >= 15 is 0 Å². The monoisotopic (exact) mass is 399 g/mol. The third-order valence-corrected chi connectivity index (χ3v) is 6.17. The van der Waals surface area contributed by atoms with E-state index in [1.54, 1.807) is 18.2 Å². The first-order valence-corrected chi connectivity index (χ1v) is 10.7. The maximum atomic E-state index is 12.9. The van der Waals surface area contributed by atoms with Crippen molar-refractivity contribution in [2.24, 2.45) is 0 Å². The van der Waals surface area contributed by atoms with Gasteiger partial charge in [-0.3, -0.25) is 4.79 Å². The van der Waals surface area contributed by atoms with E-state index in [0.717, 1.165) is 6.54 Å². The highest BCUT2D eigenvalue weighted by Crippen LogP contribution is 2.17. The Morgan fingerprint density at radius 2 is 1.82 bits per heavy atom. The van der Waals surface area contributed by atoms with Gasteiger partial charge in [-0.2, -0.15) is 0 Å². The highest BCUT2D eigenvalue weighted by atomic mass is 32.2. The lowest BCUT2D eigenvalue weighted by Crippen LogP contribution is -2.42. The van der Waals surface area contributed by atoms with E-state index in [4.69, 9.17) is 0 Å². The molecular weight excluding hydrogens is 374 g/mol. The molecule has 6 nitrogen and oxygen atoms in total. The molecule has 3 aromatic rings. The van der Waals surface area contributed by atoms with Gasteiger partial charge in [0.2, 0.25) is 15.6 Å². The summed E-state index contributed by atoms with van der Waals surface area (Å²) in [5.41, 5.74) is 1.58. The zero-order valence-corrected chi connectivity index (χ0v) is 16.9. The Bertz CT molecular complexity index is 1090. The van der Waals surface area contributed by atoms with Crippen molar-refractivity contribution in [1.29, 1.82) is 0 Å². The number of rotatable bonds is 8. The van der Waals surface area contributed by atoms with Crippen molar-refractivity contribution < 1.29 is 8.42 Å². The van der Waals surface area contributed by atoms with Crippen LogP contribution in [0.25, 0.3) is 10.9 Å². The van der Waals surface area contributed by atoms with E-state index in [1.165, 1.54) is 17.7 Å². The van der Waals surface area contributed by atoms with Crippen molar-refractivity contribution in [1.82, 2.24) is 14.6 Å². The van der Waals surface area contributed by atoms with Crippen LogP contribution >= 0.6 is 0 Å². The zero-order chi connectivity index (χ0) is 20.1. The molecule has 0 aliphatic heterocycles. The molecule has 2 N–H and O–H groups in total. The summed E-state index contributed by atoms with van der Waals surface area (Å²) in [6, 6.07) is 17.6. The molecule has 2 aromatic carbocycles. The number of nitrogens with zero attached hydrogens (tertiary/aromatic N) is 1. The zero-order valence-electron chi connectivity index (χ0n) is 16.1. The van der Waals surface area contributed by atoms with E-state index < -0.39 is 10.0 Å². The third kappa shape index (κ3) is 5.07. The summed E-state index contributed by atoms with van der Waals surface area (Å²) in [6.45, 7) is 3.32. The molecule has 0 saturated carbocycles. The Labute approximate surface area is 165 Å². The van der Waals surface area contributed by atoms with E-state index in [1.807, 2.05) is 32.2 Å². The summed E-state index contributed by atoms with van der Waals surface area (Å²) in [7, 11) is -1.68. The number of H-pyrrole nitrogens is 1. The number of pyridine rings is 1. The number of sulfonamides is 1. The predicted octanol–water partition coefficient (Wildman–Crippen LogP) is 2.72. The fraction of sp³-hybridized carbons (Fsp3) is 0.286. The van der Waals surface area contributed by atoms with Crippen LogP contribution in [0.5, 0.6) is 0 Å². The molecule has 148 valence electrons. The van der Waals surface area contributed by atoms with Crippen molar-refractivity contribution in [2.45, 2.75) is 30.8 Å². The Balaban J connectivity index is 1.72. The smallest absolute Gasteiger partial charge is 0.248 e. The Hall–Kier alpha value is -2.48. The normalized spacial score (nSPS) is 13.1. The molecule has 1 unspecified atom stereocenters. The minimum Gasteiger partial charge on any atom is -0.322 e. The van der Waals surface area contributed by atoms with Crippen LogP contribution < -0.4 is 10.3 Å². The van der Waals surface area contributed by atoms with Crippen LogP contribution in [0, 0.1) is 0 Å². The van der Waals surface area contributed by atoms with Gasteiger partial charge in [0.05, 0.1) is 4.90 Å².